The maximum absolute atomic E-state index is 13.8. The molecule has 1 N–H and O–H groups in total. The lowest BCUT2D eigenvalue weighted by molar-refractivity contribution is -0.384. The van der Waals surface area contributed by atoms with Crippen LogP contribution in [0.2, 0.25) is 0 Å². The first kappa shape index (κ1) is 23.5. The number of rotatable bonds is 8. The molecule has 1 atom stereocenters. The molecule has 0 aliphatic carbocycles. The number of amides is 3. The molecule has 32 heavy (non-hydrogen) atoms. The minimum atomic E-state index is -0.536. The lowest BCUT2D eigenvalue weighted by atomic mass is 10.2. The van der Waals surface area contributed by atoms with Crippen molar-refractivity contribution in [3.05, 3.63) is 74.9 Å². The molecule has 1 heterocycles. The van der Waals surface area contributed by atoms with Gasteiger partial charge in [0.15, 0.2) is 0 Å². The van der Waals surface area contributed by atoms with E-state index in [9.17, 15) is 28.9 Å². The van der Waals surface area contributed by atoms with Crippen LogP contribution in [0.15, 0.2) is 58.3 Å². The summed E-state index contributed by atoms with van der Waals surface area (Å²) in [7, 11) is 0. The fraction of sp³-hybridized carbons (Fsp3) is 0.190. The monoisotopic (exact) mass is 475 g/mol. The van der Waals surface area contributed by atoms with E-state index in [0.29, 0.717) is 4.90 Å². The van der Waals surface area contributed by atoms with Crippen LogP contribution in [-0.4, -0.2) is 45.2 Å². The zero-order valence-corrected chi connectivity index (χ0v) is 18.5. The Morgan fingerprint density at radius 3 is 2.59 bits per heavy atom. The van der Waals surface area contributed by atoms with Gasteiger partial charge in [0.1, 0.15) is 5.82 Å². The van der Waals surface area contributed by atoms with Crippen LogP contribution in [0.25, 0.3) is 6.08 Å². The molecule has 0 saturated carbocycles. The van der Waals surface area contributed by atoms with E-state index in [-0.39, 0.29) is 35.2 Å². The number of carbonyl (C=O) groups excluding carboxylic acids is 3. The minimum absolute atomic E-state index is 0.0140. The van der Waals surface area contributed by atoms with Crippen LogP contribution in [-0.2, 0) is 9.59 Å². The molecule has 0 radical (unpaired) electrons. The molecule has 1 unspecified atom stereocenters. The van der Waals surface area contributed by atoms with Gasteiger partial charge in [0, 0.05) is 35.7 Å². The van der Waals surface area contributed by atoms with Gasteiger partial charge >= 0.3 is 0 Å². The van der Waals surface area contributed by atoms with Gasteiger partial charge in [0.2, 0.25) is 5.91 Å². The highest BCUT2D eigenvalue weighted by Gasteiger charge is 2.34. The summed E-state index contributed by atoms with van der Waals surface area (Å²) in [5, 5.41) is 12.4. The molecule has 0 aromatic heterocycles. The number of nitro benzene ring substituents is 1. The lowest BCUT2D eigenvalue weighted by Gasteiger charge is -2.15. The van der Waals surface area contributed by atoms with Gasteiger partial charge in [0.05, 0.1) is 15.1 Å². The van der Waals surface area contributed by atoms with Crippen LogP contribution in [0.1, 0.15) is 12.5 Å². The number of carbonyl (C=O) groups is 3. The topological polar surface area (TPSA) is 110 Å². The summed E-state index contributed by atoms with van der Waals surface area (Å²) >= 11 is 1.95. The summed E-state index contributed by atoms with van der Waals surface area (Å²) in [5.74, 6) is -1.33. The van der Waals surface area contributed by atoms with Crippen LogP contribution in [0, 0.1) is 15.9 Å². The second-order valence-electron chi connectivity index (χ2n) is 6.66. The van der Waals surface area contributed by atoms with E-state index < -0.39 is 27.1 Å². The highest BCUT2D eigenvalue weighted by Crippen LogP contribution is 2.32. The van der Waals surface area contributed by atoms with Crippen molar-refractivity contribution in [1.29, 1.82) is 0 Å². The van der Waals surface area contributed by atoms with Crippen LogP contribution < -0.4 is 5.32 Å². The molecule has 8 nitrogen and oxygen atoms in total. The third kappa shape index (κ3) is 5.74. The first-order valence-electron chi connectivity index (χ1n) is 9.45. The zero-order chi connectivity index (χ0) is 23.3. The average Bonchev–Trinajstić information content (AvgIpc) is 3.03. The summed E-state index contributed by atoms with van der Waals surface area (Å²) in [6.07, 6.45) is 1.34. The number of hydrogen-bond acceptors (Lipinski definition) is 7. The molecule has 0 bridgehead atoms. The van der Waals surface area contributed by atoms with Gasteiger partial charge in [-0.15, -0.1) is 11.8 Å². The van der Waals surface area contributed by atoms with E-state index in [0.717, 1.165) is 16.7 Å². The van der Waals surface area contributed by atoms with Gasteiger partial charge < -0.3 is 5.32 Å². The standard InChI is InChI=1S/C21H18FN3O5S2/c1-13(31-16-8-6-15(7-9-16)25(29)30)19(26)23-10-11-24-20(27)18(32-21(24)28)12-14-4-2-3-5-17(14)22/h2-9,12-13H,10-11H2,1H3,(H,23,26)/b18-12-. The predicted octanol–water partition coefficient (Wildman–Crippen LogP) is 4.07. The van der Waals surface area contributed by atoms with Crippen molar-refractivity contribution in [3.63, 3.8) is 0 Å². The SMILES string of the molecule is CC(Sc1ccc([N+](=O)[O-])cc1)C(=O)NCCN1C(=O)S/C(=C\c2ccccc2F)C1=O. The van der Waals surface area contributed by atoms with E-state index in [2.05, 4.69) is 5.32 Å². The molecule has 0 spiro atoms. The summed E-state index contributed by atoms with van der Waals surface area (Å²) in [5.41, 5.74) is 0.177. The van der Waals surface area contributed by atoms with E-state index in [1.165, 1.54) is 48.2 Å². The Hall–Kier alpha value is -3.18. The van der Waals surface area contributed by atoms with Gasteiger partial charge in [-0.2, -0.15) is 0 Å². The molecular weight excluding hydrogens is 457 g/mol. The summed E-state index contributed by atoms with van der Waals surface area (Å²) in [6.45, 7) is 1.73. The zero-order valence-electron chi connectivity index (χ0n) is 16.8. The predicted molar refractivity (Wildman–Crippen MR) is 121 cm³/mol. The minimum Gasteiger partial charge on any atom is -0.353 e. The number of hydrogen-bond donors (Lipinski definition) is 1. The van der Waals surface area contributed by atoms with Crippen molar-refractivity contribution in [1.82, 2.24) is 10.2 Å². The highest BCUT2D eigenvalue weighted by molar-refractivity contribution is 8.18. The van der Waals surface area contributed by atoms with Gasteiger partial charge in [-0.05, 0) is 43.0 Å². The number of non-ortho nitro benzene ring substituents is 1. The van der Waals surface area contributed by atoms with Crippen molar-refractivity contribution in [2.45, 2.75) is 17.1 Å². The molecule has 3 rings (SSSR count). The fourth-order valence-corrected chi connectivity index (χ4v) is 4.51. The number of halogens is 1. The number of thioether (sulfide) groups is 2. The maximum Gasteiger partial charge on any atom is 0.293 e. The number of benzene rings is 2. The van der Waals surface area contributed by atoms with Crippen molar-refractivity contribution < 1.29 is 23.7 Å². The molecule has 3 amide bonds. The van der Waals surface area contributed by atoms with E-state index >= 15 is 0 Å². The first-order chi connectivity index (χ1) is 15.3. The van der Waals surface area contributed by atoms with Crippen molar-refractivity contribution in [3.8, 4) is 0 Å². The van der Waals surface area contributed by atoms with Gasteiger partial charge in [0.25, 0.3) is 16.8 Å². The largest absolute Gasteiger partial charge is 0.353 e. The normalized spacial score (nSPS) is 15.8. The molecule has 11 heteroatoms. The van der Waals surface area contributed by atoms with Gasteiger partial charge in [-0.25, -0.2) is 4.39 Å². The summed E-state index contributed by atoms with van der Waals surface area (Å²) < 4.78 is 13.8. The number of nitrogens with zero attached hydrogens (tertiary/aromatic N) is 2. The van der Waals surface area contributed by atoms with Gasteiger partial charge in [-0.1, -0.05) is 18.2 Å². The lowest BCUT2D eigenvalue weighted by Crippen LogP contribution is -2.39. The Morgan fingerprint density at radius 1 is 1.25 bits per heavy atom. The molecule has 166 valence electrons. The molecule has 1 aliphatic rings. The van der Waals surface area contributed by atoms with Crippen LogP contribution in [0.5, 0.6) is 0 Å². The van der Waals surface area contributed by atoms with Crippen molar-refractivity contribution in [2.24, 2.45) is 0 Å². The van der Waals surface area contributed by atoms with Gasteiger partial charge in [-0.3, -0.25) is 29.4 Å². The Labute approximate surface area is 191 Å². The molecule has 1 aliphatic heterocycles. The Kier molecular flexibility index (Phi) is 7.65. The molecule has 2 aromatic rings. The molecule has 2 aromatic carbocycles. The van der Waals surface area contributed by atoms with Crippen LogP contribution in [0.4, 0.5) is 14.9 Å². The molecular formula is C21H18FN3O5S2. The quantitative estimate of drug-likeness (QED) is 0.265. The van der Waals surface area contributed by atoms with Crippen LogP contribution >= 0.6 is 23.5 Å². The fourth-order valence-electron chi connectivity index (χ4n) is 2.76. The molecule has 1 saturated heterocycles. The smallest absolute Gasteiger partial charge is 0.293 e. The molecule has 1 fully saturated rings. The third-order valence-electron chi connectivity index (χ3n) is 4.43. The number of nitrogens with one attached hydrogen (secondary N) is 1. The Balaban J connectivity index is 1.51. The van der Waals surface area contributed by atoms with Crippen LogP contribution in [0.3, 0.4) is 0 Å². The van der Waals surface area contributed by atoms with E-state index in [1.807, 2.05) is 0 Å². The second kappa shape index (κ2) is 10.4. The Morgan fingerprint density at radius 2 is 1.94 bits per heavy atom. The Bertz CT molecular complexity index is 1090. The second-order valence-corrected chi connectivity index (χ2v) is 9.06. The summed E-state index contributed by atoms with van der Waals surface area (Å²) in [6, 6.07) is 11.8. The highest BCUT2D eigenvalue weighted by atomic mass is 32.2. The number of imide groups is 1. The maximum atomic E-state index is 13.8. The first-order valence-corrected chi connectivity index (χ1v) is 11.1. The van der Waals surface area contributed by atoms with Crippen molar-refractivity contribution in [2.75, 3.05) is 13.1 Å². The summed E-state index contributed by atoms with van der Waals surface area (Å²) in [4.78, 5) is 49.0. The average molecular weight is 476 g/mol. The van der Waals surface area contributed by atoms with Crippen molar-refractivity contribution >= 4 is 52.3 Å². The van der Waals surface area contributed by atoms with E-state index in [4.69, 9.17) is 0 Å². The van der Waals surface area contributed by atoms with E-state index in [1.54, 1.807) is 25.1 Å². The number of nitro groups is 1. The third-order valence-corrected chi connectivity index (χ3v) is 6.45.